The molecule has 0 unspecified atom stereocenters. The number of likely N-dealkylation sites (tertiary alicyclic amines) is 1. The van der Waals surface area contributed by atoms with Gasteiger partial charge >= 0.3 is 12.4 Å². The van der Waals surface area contributed by atoms with E-state index in [-0.39, 0.29) is 17.9 Å². The summed E-state index contributed by atoms with van der Waals surface area (Å²) in [5, 5.41) is 3.39. The Hall–Kier alpha value is -2.00. The van der Waals surface area contributed by atoms with Gasteiger partial charge in [0.25, 0.3) is 5.78 Å². The van der Waals surface area contributed by atoms with Crippen LogP contribution in [-0.4, -0.2) is 39.7 Å². The number of carbonyl (C=O) groups is 1. The highest BCUT2D eigenvalue weighted by molar-refractivity contribution is 5.94. The van der Waals surface area contributed by atoms with Crippen molar-refractivity contribution in [3.8, 4) is 0 Å². The number of hydrogen-bond acceptors (Lipinski definition) is 3. The summed E-state index contributed by atoms with van der Waals surface area (Å²) >= 11 is 0. The van der Waals surface area contributed by atoms with Gasteiger partial charge in [0.2, 0.25) is 0 Å². The van der Waals surface area contributed by atoms with Crippen molar-refractivity contribution in [3.63, 3.8) is 0 Å². The number of allylic oxidation sites excluding steroid dienone is 2. The lowest BCUT2D eigenvalue weighted by Crippen LogP contribution is -2.27. The first-order valence-electron chi connectivity index (χ1n) is 7.17. The molecule has 0 saturated carbocycles. The summed E-state index contributed by atoms with van der Waals surface area (Å²) in [6.07, 6.45) is -7.75. The highest BCUT2D eigenvalue weighted by Crippen LogP contribution is 2.29. The molecular formula is C14H15F6N3O. The molecule has 2 heterocycles. The standard InChI is InChI=1S/C14H15F6N3O/c1-9-6-11(13(15,16)17)21-23(9)8-10(22-4-2-3-5-22)7-12(24)14(18,19)20/h6-7H,2-5,8H2,1H3/b10-7+. The summed E-state index contributed by atoms with van der Waals surface area (Å²) in [6, 6.07) is 0.813. The lowest BCUT2D eigenvalue weighted by molar-refractivity contribution is -0.165. The molecule has 1 aliphatic heterocycles. The quantitative estimate of drug-likeness (QED) is 0.614. The Balaban J connectivity index is 2.31. The van der Waals surface area contributed by atoms with Crippen LogP contribution in [0.25, 0.3) is 0 Å². The molecular weight excluding hydrogens is 340 g/mol. The van der Waals surface area contributed by atoms with Crippen LogP contribution in [0.3, 0.4) is 0 Å². The monoisotopic (exact) mass is 355 g/mol. The van der Waals surface area contributed by atoms with Crippen LogP contribution >= 0.6 is 0 Å². The number of hydrogen-bond donors (Lipinski definition) is 0. The molecule has 0 aliphatic carbocycles. The summed E-state index contributed by atoms with van der Waals surface area (Å²) in [4.78, 5) is 12.8. The molecule has 1 aromatic rings. The van der Waals surface area contributed by atoms with Gasteiger partial charge in [-0.2, -0.15) is 31.4 Å². The van der Waals surface area contributed by atoms with Crippen molar-refractivity contribution < 1.29 is 31.1 Å². The average molecular weight is 355 g/mol. The van der Waals surface area contributed by atoms with Gasteiger partial charge in [0.05, 0.1) is 6.54 Å². The molecule has 0 radical (unpaired) electrons. The Morgan fingerprint density at radius 2 is 1.79 bits per heavy atom. The molecule has 134 valence electrons. The molecule has 0 bridgehead atoms. The van der Waals surface area contributed by atoms with Crippen LogP contribution in [0.15, 0.2) is 17.8 Å². The van der Waals surface area contributed by atoms with Gasteiger partial charge < -0.3 is 4.90 Å². The molecule has 1 saturated heterocycles. The molecule has 1 aromatic heterocycles. The van der Waals surface area contributed by atoms with Crippen LogP contribution in [0, 0.1) is 6.92 Å². The molecule has 0 amide bonds. The number of nitrogens with zero attached hydrogens (tertiary/aromatic N) is 3. The highest BCUT2D eigenvalue weighted by Gasteiger charge is 2.38. The van der Waals surface area contributed by atoms with Crippen LogP contribution < -0.4 is 0 Å². The Morgan fingerprint density at radius 1 is 1.21 bits per heavy atom. The van der Waals surface area contributed by atoms with Crippen molar-refractivity contribution in [1.82, 2.24) is 14.7 Å². The molecule has 2 rings (SSSR count). The van der Waals surface area contributed by atoms with E-state index < -0.39 is 23.8 Å². The second-order valence-electron chi connectivity index (χ2n) is 5.52. The van der Waals surface area contributed by atoms with Gasteiger partial charge in [0.15, 0.2) is 5.69 Å². The summed E-state index contributed by atoms with van der Waals surface area (Å²) in [7, 11) is 0. The van der Waals surface area contributed by atoms with Gasteiger partial charge in [-0.15, -0.1) is 0 Å². The Kier molecular flexibility index (Phi) is 4.95. The molecule has 0 atom stereocenters. The highest BCUT2D eigenvalue weighted by atomic mass is 19.4. The number of carbonyl (C=O) groups excluding carboxylic acids is 1. The van der Waals surface area contributed by atoms with Crippen LogP contribution in [0.4, 0.5) is 26.3 Å². The molecule has 4 nitrogen and oxygen atoms in total. The zero-order valence-electron chi connectivity index (χ0n) is 12.7. The molecule has 10 heteroatoms. The fourth-order valence-electron chi connectivity index (χ4n) is 2.44. The third kappa shape index (κ3) is 4.30. The van der Waals surface area contributed by atoms with Crippen molar-refractivity contribution in [3.05, 3.63) is 29.2 Å². The zero-order valence-corrected chi connectivity index (χ0v) is 12.7. The number of rotatable bonds is 4. The number of ketones is 1. The van der Waals surface area contributed by atoms with E-state index in [9.17, 15) is 31.1 Å². The summed E-state index contributed by atoms with van der Waals surface area (Å²) in [5.74, 6) is -2.04. The second-order valence-corrected chi connectivity index (χ2v) is 5.52. The summed E-state index contributed by atoms with van der Waals surface area (Å²) < 4.78 is 76.5. The normalized spacial score (nSPS) is 16.8. The van der Waals surface area contributed by atoms with E-state index >= 15 is 0 Å². The molecule has 0 aromatic carbocycles. The zero-order chi connectivity index (χ0) is 18.1. The molecule has 1 aliphatic rings. The maximum absolute atomic E-state index is 12.7. The van der Waals surface area contributed by atoms with E-state index in [0.29, 0.717) is 19.2 Å². The number of aromatic nitrogens is 2. The SMILES string of the molecule is Cc1cc(C(F)(F)F)nn1C/C(=C\C(=O)C(F)(F)F)N1CCCC1. The fourth-order valence-corrected chi connectivity index (χ4v) is 2.44. The van der Waals surface area contributed by atoms with E-state index in [1.165, 1.54) is 6.92 Å². The summed E-state index contributed by atoms with van der Waals surface area (Å²) in [6.45, 7) is 1.94. The fraction of sp³-hybridized carbons (Fsp3) is 0.571. The van der Waals surface area contributed by atoms with Gasteiger partial charge in [-0.25, -0.2) is 0 Å². The third-order valence-electron chi connectivity index (χ3n) is 3.67. The van der Waals surface area contributed by atoms with Crippen molar-refractivity contribution in [2.24, 2.45) is 0 Å². The number of halogens is 6. The summed E-state index contributed by atoms with van der Waals surface area (Å²) in [5.41, 5.74) is -0.968. The van der Waals surface area contributed by atoms with Crippen LogP contribution in [0.2, 0.25) is 0 Å². The third-order valence-corrected chi connectivity index (χ3v) is 3.67. The molecule has 0 spiro atoms. The molecule has 1 fully saturated rings. The maximum atomic E-state index is 12.7. The minimum Gasteiger partial charge on any atom is -0.373 e. The minimum atomic E-state index is -5.03. The first kappa shape index (κ1) is 18.3. The van der Waals surface area contributed by atoms with E-state index in [2.05, 4.69) is 5.10 Å². The van der Waals surface area contributed by atoms with Gasteiger partial charge in [0, 0.05) is 30.6 Å². The molecule has 24 heavy (non-hydrogen) atoms. The van der Waals surface area contributed by atoms with Crippen molar-refractivity contribution in [2.75, 3.05) is 13.1 Å². The Labute approximate surface area is 133 Å². The largest absolute Gasteiger partial charge is 0.454 e. The molecule has 0 N–H and O–H groups in total. The number of alkyl halides is 6. The van der Waals surface area contributed by atoms with Crippen LogP contribution in [-0.2, 0) is 17.5 Å². The number of aryl methyl sites for hydroxylation is 1. The first-order valence-corrected chi connectivity index (χ1v) is 7.17. The smallest absolute Gasteiger partial charge is 0.373 e. The Morgan fingerprint density at radius 3 is 2.25 bits per heavy atom. The van der Waals surface area contributed by atoms with Crippen molar-refractivity contribution in [2.45, 2.75) is 38.7 Å². The van der Waals surface area contributed by atoms with Gasteiger partial charge in [-0.1, -0.05) is 0 Å². The van der Waals surface area contributed by atoms with E-state index in [4.69, 9.17) is 0 Å². The van der Waals surface area contributed by atoms with Crippen LogP contribution in [0.1, 0.15) is 24.2 Å². The first-order chi connectivity index (χ1) is 11.0. The predicted octanol–water partition coefficient (Wildman–Crippen LogP) is 3.32. The second kappa shape index (κ2) is 6.48. The van der Waals surface area contributed by atoms with E-state index in [1.807, 2.05) is 0 Å². The maximum Gasteiger partial charge on any atom is 0.454 e. The lowest BCUT2D eigenvalue weighted by atomic mass is 10.2. The van der Waals surface area contributed by atoms with E-state index in [0.717, 1.165) is 23.6 Å². The van der Waals surface area contributed by atoms with Crippen LogP contribution in [0.5, 0.6) is 0 Å². The minimum absolute atomic E-state index is 0.00903. The average Bonchev–Trinajstić information content (AvgIpc) is 3.06. The predicted molar refractivity (Wildman–Crippen MR) is 71.9 cm³/mol. The van der Waals surface area contributed by atoms with Crippen molar-refractivity contribution >= 4 is 5.78 Å². The van der Waals surface area contributed by atoms with Gasteiger partial charge in [0.1, 0.15) is 0 Å². The lowest BCUT2D eigenvalue weighted by Gasteiger charge is -2.22. The Bertz CT molecular complexity index is 638. The van der Waals surface area contributed by atoms with Gasteiger partial charge in [-0.3, -0.25) is 9.48 Å². The van der Waals surface area contributed by atoms with E-state index in [1.54, 1.807) is 4.90 Å². The van der Waals surface area contributed by atoms with Gasteiger partial charge in [-0.05, 0) is 25.8 Å². The topological polar surface area (TPSA) is 38.1 Å². The van der Waals surface area contributed by atoms with Crippen molar-refractivity contribution in [1.29, 1.82) is 0 Å².